The van der Waals surface area contributed by atoms with Gasteiger partial charge >= 0.3 is 0 Å². The van der Waals surface area contributed by atoms with Crippen molar-refractivity contribution in [3.8, 4) is 0 Å². The molecule has 1 aromatic carbocycles. The van der Waals surface area contributed by atoms with Gasteiger partial charge in [0, 0.05) is 5.02 Å². The number of nitrogens with one attached hydrogen (secondary N) is 2. The molecule has 1 aliphatic rings. The van der Waals surface area contributed by atoms with E-state index < -0.39 is 5.41 Å². The van der Waals surface area contributed by atoms with Crippen molar-refractivity contribution in [3.05, 3.63) is 47.0 Å². The van der Waals surface area contributed by atoms with E-state index in [0.717, 1.165) is 18.4 Å². The van der Waals surface area contributed by atoms with Gasteiger partial charge in [0.05, 0.1) is 11.5 Å². The van der Waals surface area contributed by atoms with Gasteiger partial charge in [0.1, 0.15) is 12.2 Å². The predicted molar refractivity (Wildman–Crippen MR) is 75.3 cm³/mol. The molecule has 2 aromatic rings. The van der Waals surface area contributed by atoms with Crippen LogP contribution in [0.15, 0.2) is 30.6 Å². The van der Waals surface area contributed by atoms with Crippen LogP contribution < -0.4 is 5.32 Å². The van der Waals surface area contributed by atoms with Crippen molar-refractivity contribution in [1.82, 2.24) is 20.5 Å². The van der Waals surface area contributed by atoms with Crippen molar-refractivity contribution < 1.29 is 4.79 Å². The van der Waals surface area contributed by atoms with Crippen LogP contribution in [0.4, 0.5) is 0 Å². The minimum Gasteiger partial charge on any atom is -0.346 e. The number of H-pyrrole nitrogens is 1. The minimum absolute atomic E-state index is 0.0312. The second-order valence-corrected chi connectivity index (χ2v) is 5.59. The summed E-state index contributed by atoms with van der Waals surface area (Å²) in [5.74, 6) is 0.689. The number of carbonyl (C=O) groups is 1. The summed E-state index contributed by atoms with van der Waals surface area (Å²) in [6, 6.07) is 7.31. The number of halogens is 1. The van der Waals surface area contributed by atoms with E-state index in [-0.39, 0.29) is 11.9 Å². The van der Waals surface area contributed by atoms with Crippen molar-refractivity contribution in [1.29, 1.82) is 0 Å². The largest absolute Gasteiger partial charge is 0.346 e. The zero-order chi connectivity index (χ0) is 14.2. The second kappa shape index (κ2) is 4.90. The van der Waals surface area contributed by atoms with E-state index in [2.05, 4.69) is 20.5 Å². The first-order valence-electron chi connectivity index (χ1n) is 6.54. The maximum Gasteiger partial charge on any atom is 0.231 e. The monoisotopic (exact) mass is 290 g/mol. The fourth-order valence-electron chi connectivity index (χ4n) is 2.37. The van der Waals surface area contributed by atoms with Gasteiger partial charge in [0.2, 0.25) is 5.91 Å². The van der Waals surface area contributed by atoms with Crippen LogP contribution in [-0.4, -0.2) is 21.1 Å². The van der Waals surface area contributed by atoms with Crippen LogP contribution in [0.2, 0.25) is 5.02 Å². The third-order valence-electron chi connectivity index (χ3n) is 3.77. The van der Waals surface area contributed by atoms with Crippen LogP contribution in [0.25, 0.3) is 0 Å². The summed E-state index contributed by atoms with van der Waals surface area (Å²) >= 11 is 5.89. The van der Waals surface area contributed by atoms with E-state index in [1.54, 1.807) is 0 Å². The fraction of sp³-hybridized carbons (Fsp3) is 0.357. The molecule has 0 spiro atoms. The van der Waals surface area contributed by atoms with Crippen LogP contribution in [0.3, 0.4) is 0 Å². The van der Waals surface area contributed by atoms with Gasteiger partial charge in [-0.1, -0.05) is 23.7 Å². The third-order valence-corrected chi connectivity index (χ3v) is 4.02. The van der Waals surface area contributed by atoms with Crippen molar-refractivity contribution in [2.45, 2.75) is 31.2 Å². The Bertz CT molecular complexity index is 605. The number of hydrogen-bond acceptors (Lipinski definition) is 3. The van der Waals surface area contributed by atoms with Crippen LogP contribution in [0, 0.1) is 0 Å². The quantitative estimate of drug-likeness (QED) is 0.908. The number of rotatable bonds is 4. The van der Waals surface area contributed by atoms with Gasteiger partial charge in [-0.05, 0) is 37.5 Å². The number of nitrogens with zero attached hydrogens (tertiary/aromatic N) is 2. The zero-order valence-corrected chi connectivity index (χ0v) is 11.8. The van der Waals surface area contributed by atoms with Gasteiger partial charge in [-0.2, -0.15) is 5.10 Å². The molecule has 0 bridgehead atoms. The zero-order valence-electron chi connectivity index (χ0n) is 11.1. The van der Waals surface area contributed by atoms with Gasteiger partial charge in [-0.15, -0.1) is 0 Å². The van der Waals surface area contributed by atoms with E-state index in [1.165, 1.54) is 6.33 Å². The molecule has 1 atom stereocenters. The molecule has 6 heteroatoms. The summed E-state index contributed by atoms with van der Waals surface area (Å²) in [4.78, 5) is 16.6. The molecule has 1 unspecified atom stereocenters. The molecule has 0 aliphatic heterocycles. The molecule has 1 fully saturated rings. The van der Waals surface area contributed by atoms with Gasteiger partial charge in [0.25, 0.3) is 0 Å². The Morgan fingerprint density at radius 3 is 2.65 bits per heavy atom. The summed E-state index contributed by atoms with van der Waals surface area (Å²) in [5, 5.41) is 10.2. The number of aromatic amines is 1. The minimum atomic E-state index is -0.404. The number of benzene rings is 1. The first-order valence-corrected chi connectivity index (χ1v) is 6.92. The predicted octanol–water partition coefficient (Wildman–Crippen LogP) is 2.37. The molecule has 5 nitrogen and oxygen atoms in total. The molecule has 1 aliphatic carbocycles. The smallest absolute Gasteiger partial charge is 0.231 e. The van der Waals surface area contributed by atoms with Crippen LogP contribution >= 0.6 is 11.6 Å². The average molecular weight is 291 g/mol. The first kappa shape index (κ1) is 13.1. The van der Waals surface area contributed by atoms with Gasteiger partial charge in [0.15, 0.2) is 0 Å². The molecular formula is C14H15ClN4O. The Hall–Kier alpha value is -1.88. The van der Waals surface area contributed by atoms with Crippen LogP contribution in [-0.2, 0) is 10.2 Å². The van der Waals surface area contributed by atoms with Gasteiger partial charge in [-0.3, -0.25) is 9.89 Å². The summed E-state index contributed by atoms with van der Waals surface area (Å²) < 4.78 is 0. The lowest BCUT2D eigenvalue weighted by molar-refractivity contribution is -0.124. The number of aromatic nitrogens is 3. The highest BCUT2D eigenvalue weighted by Gasteiger charge is 2.51. The molecule has 0 saturated heterocycles. The standard InChI is InChI=1S/C14H15ClN4O/c1-9(12-16-8-17-19-12)18-13(20)14(6-7-14)10-2-4-11(15)5-3-10/h2-5,8-9H,6-7H2,1H3,(H,18,20)(H,16,17,19). The normalized spacial score (nSPS) is 17.5. The lowest BCUT2D eigenvalue weighted by atomic mass is 9.94. The molecule has 20 heavy (non-hydrogen) atoms. The van der Waals surface area contributed by atoms with Crippen molar-refractivity contribution in [2.75, 3.05) is 0 Å². The van der Waals surface area contributed by atoms with Gasteiger partial charge < -0.3 is 5.32 Å². The molecule has 2 N–H and O–H groups in total. The highest BCUT2D eigenvalue weighted by atomic mass is 35.5. The SMILES string of the molecule is CC(NC(=O)C1(c2ccc(Cl)cc2)CC1)c1ncn[nH]1. The molecular weight excluding hydrogens is 276 g/mol. The summed E-state index contributed by atoms with van der Waals surface area (Å²) in [7, 11) is 0. The summed E-state index contributed by atoms with van der Waals surface area (Å²) in [5.41, 5.74) is 0.614. The summed E-state index contributed by atoms with van der Waals surface area (Å²) in [6.45, 7) is 1.89. The highest BCUT2D eigenvalue weighted by Crippen LogP contribution is 2.48. The second-order valence-electron chi connectivity index (χ2n) is 5.15. The van der Waals surface area contributed by atoms with Crippen LogP contribution in [0.1, 0.15) is 37.2 Å². The van der Waals surface area contributed by atoms with E-state index in [9.17, 15) is 4.79 Å². The topological polar surface area (TPSA) is 70.7 Å². The van der Waals surface area contributed by atoms with E-state index >= 15 is 0 Å². The lowest BCUT2D eigenvalue weighted by Gasteiger charge is -2.18. The molecule has 1 amide bonds. The van der Waals surface area contributed by atoms with E-state index in [4.69, 9.17) is 11.6 Å². The summed E-state index contributed by atoms with van der Waals surface area (Å²) in [6.07, 6.45) is 3.16. The Morgan fingerprint density at radius 2 is 2.10 bits per heavy atom. The molecule has 1 aromatic heterocycles. The number of amides is 1. The maximum absolute atomic E-state index is 12.5. The average Bonchev–Trinajstić information content (AvgIpc) is 3.06. The van der Waals surface area contributed by atoms with Crippen molar-refractivity contribution >= 4 is 17.5 Å². The highest BCUT2D eigenvalue weighted by molar-refractivity contribution is 6.30. The Labute approximate surface area is 121 Å². The Kier molecular flexibility index (Phi) is 3.22. The first-order chi connectivity index (χ1) is 9.62. The van der Waals surface area contributed by atoms with E-state index in [0.29, 0.717) is 10.8 Å². The van der Waals surface area contributed by atoms with E-state index in [1.807, 2.05) is 31.2 Å². The Morgan fingerprint density at radius 1 is 1.40 bits per heavy atom. The molecule has 0 radical (unpaired) electrons. The third kappa shape index (κ3) is 2.29. The maximum atomic E-state index is 12.5. The fourth-order valence-corrected chi connectivity index (χ4v) is 2.49. The molecule has 1 saturated carbocycles. The van der Waals surface area contributed by atoms with Crippen LogP contribution in [0.5, 0.6) is 0 Å². The van der Waals surface area contributed by atoms with Crippen molar-refractivity contribution in [3.63, 3.8) is 0 Å². The number of carbonyl (C=O) groups excluding carboxylic acids is 1. The molecule has 1 heterocycles. The molecule has 104 valence electrons. The van der Waals surface area contributed by atoms with Crippen molar-refractivity contribution in [2.24, 2.45) is 0 Å². The number of hydrogen-bond donors (Lipinski definition) is 2. The Balaban J connectivity index is 1.75. The van der Waals surface area contributed by atoms with Gasteiger partial charge in [-0.25, -0.2) is 4.98 Å². The lowest BCUT2D eigenvalue weighted by Crippen LogP contribution is -2.36. The molecule has 3 rings (SSSR count).